The van der Waals surface area contributed by atoms with E-state index in [1.165, 1.54) is 61.6 Å². The average molecular weight is 387 g/mol. The molecule has 0 bridgehead atoms. The molecule has 0 aliphatic rings. The molecular weight excluding hydrogens is 378 g/mol. The van der Waals surface area contributed by atoms with E-state index in [2.05, 4.69) is 25.0 Å². The molecule has 0 saturated heterocycles. The highest BCUT2D eigenvalue weighted by molar-refractivity contribution is 5.81. The van der Waals surface area contributed by atoms with Crippen molar-refractivity contribution in [3.8, 4) is 0 Å². The Balaban J connectivity index is 2.79. The predicted octanol–water partition coefficient (Wildman–Crippen LogP) is 3.42. The van der Waals surface area contributed by atoms with E-state index in [0.717, 1.165) is 0 Å². The average Bonchev–Trinajstić information content (AvgIpc) is 2.70. The quantitative estimate of drug-likeness (QED) is 0.527. The molecule has 0 fully saturated rings. The van der Waals surface area contributed by atoms with Crippen molar-refractivity contribution >= 4 is 58.8 Å². The fraction of sp³-hybridized carbons (Fsp3) is 0.105. The van der Waals surface area contributed by atoms with E-state index in [1.807, 2.05) is 0 Å². The number of nitrogens with zero attached hydrogens (tertiary/aromatic N) is 5. The smallest absolute Gasteiger partial charge is 0.211 e. The van der Waals surface area contributed by atoms with Gasteiger partial charge >= 0.3 is 0 Å². The summed E-state index contributed by atoms with van der Waals surface area (Å²) in [6.45, 7) is 1.52. The van der Waals surface area contributed by atoms with Crippen LogP contribution in [0.3, 0.4) is 0 Å². The maximum atomic E-state index is 10.9. The van der Waals surface area contributed by atoms with E-state index in [4.69, 9.17) is 0 Å². The second-order valence-electron chi connectivity index (χ2n) is 5.38. The molecule has 0 saturated carbocycles. The first-order chi connectivity index (χ1) is 14.1. The summed E-state index contributed by atoms with van der Waals surface area (Å²) in [5, 5.41) is 0. The first kappa shape index (κ1) is 20.6. The number of benzene rings is 2. The maximum absolute atomic E-state index is 10.9. The Hall–Kier alpha value is -4.66. The summed E-state index contributed by atoms with van der Waals surface area (Å²) < 4.78 is 0. The van der Waals surface area contributed by atoms with Crippen LogP contribution in [0.25, 0.3) is 0 Å². The van der Waals surface area contributed by atoms with Gasteiger partial charge in [-0.15, -0.1) is 0 Å². The first-order valence-corrected chi connectivity index (χ1v) is 7.78. The zero-order valence-electron chi connectivity index (χ0n) is 14.8. The SMILES string of the molecule is Cc1c(N=C=O)cc(Cc2ccc(N=C=O)cc2N=C=O)c(N=C=O)c1N=C=O. The van der Waals surface area contributed by atoms with Crippen LogP contribution in [-0.2, 0) is 30.4 Å². The summed E-state index contributed by atoms with van der Waals surface area (Å²) >= 11 is 0. The van der Waals surface area contributed by atoms with Crippen molar-refractivity contribution in [2.75, 3.05) is 0 Å². The largest absolute Gasteiger partial charge is 0.240 e. The Bertz CT molecular complexity index is 1220. The Labute approximate surface area is 162 Å². The summed E-state index contributed by atoms with van der Waals surface area (Å²) in [6.07, 6.45) is 6.96. The van der Waals surface area contributed by atoms with Gasteiger partial charge in [-0.25, -0.2) is 24.0 Å². The summed E-state index contributed by atoms with van der Waals surface area (Å²) in [4.78, 5) is 71.4. The molecule has 0 unspecified atom stereocenters. The predicted molar refractivity (Wildman–Crippen MR) is 99.3 cm³/mol. The van der Waals surface area contributed by atoms with Gasteiger partial charge in [0.15, 0.2) is 0 Å². The van der Waals surface area contributed by atoms with Gasteiger partial charge in [-0.05, 0) is 36.2 Å². The molecule has 0 heterocycles. The maximum Gasteiger partial charge on any atom is 0.240 e. The van der Waals surface area contributed by atoms with Gasteiger partial charge < -0.3 is 0 Å². The van der Waals surface area contributed by atoms with Crippen LogP contribution in [0.2, 0.25) is 0 Å². The number of carbonyl (C=O) groups excluding carboxylic acids is 5. The van der Waals surface area contributed by atoms with Gasteiger partial charge in [-0.3, -0.25) is 0 Å². The highest BCUT2D eigenvalue weighted by Crippen LogP contribution is 2.42. The molecule has 0 aromatic heterocycles. The van der Waals surface area contributed by atoms with Crippen molar-refractivity contribution in [3.05, 3.63) is 41.0 Å². The standard InChI is InChI=1S/C19H9N5O5/c1-12-16(21-8-26)5-14(19(24-11-29)18(12)23-10-28)4-13-2-3-15(20-7-25)6-17(13)22-9-27/h2-3,5-6H,4H2,1H3. The van der Waals surface area contributed by atoms with Crippen molar-refractivity contribution in [2.24, 2.45) is 25.0 Å². The van der Waals surface area contributed by atoms with E-state index in [9.17, 15) is 24.0 Å². The Kier molecular flexibility index (Phi) is 7.03. The number of aliphatic imine (C=N–C) groups is 5. The van der Waals surface area contributed by atoms with Crippen LogP contribution in [-0.4, -0.2) is 30.4 Å². The second kappa shape index (κ2) is 9.88. The highest BCUT2D eigenvalue weighted by atomic mass is 16.1. The number of isocyanates is 5. The molecule has 0 aliphatic heterocycles. The molecular formula is C19H9N5O5. The van der Waals surface area contributed by atoms with E-state index in [-0.39, 0.29) is 34.9 Å². The van der Waals surface area contributed by atoms with E-state index < -0.39 is 0 Å². The minimum atomic E-state index is -0.0162. The van der Waals surface area contributed by atoms with E-state index in [0.29, 0.717) is 16.7 Å². The molecule has 0 radical (unpaired) electrons. The number of hydrogen-bond acceptors (Lipinski definition) is 10. The minimum Gasteiger partial charge on any atom is -0.211 e. The summed E-state index contributed by atoms with van der Waals surface area (Å²) in [7, 11) is 0. The van der Waals surface area contributed by atoms with Gasteiger partial charge in [0.25, 0.3) is 0 Å². The van der Waals surface area contributed by atoms with E-state index >= 15 is 0 Å². The highest BCUT2D eigenvalue weighted by Gasteiger charge is 2.17. The zero-order chi connectivity index (χ0) is 21.2. The molecule has 0 atom stereocenters. The molecule has 10 nitrogen and oxygen atoms in total. The second-order valence-corrected chi connectivity index (χ2v) is 5.38. The molecule has 2 aromatic rings. The van der Waals surface area contributed by atoms with Crippen LogP contribution in [0.5, 0.6) is 0 Å². The van der Waals surface area contributed by atoms with Gasteiger partial charge in [-0.1, -0.05) is 6.07 Å². The van der Waals surface area contributed by atoms with Crippen molar-refractivity contribution in [1.82, 2.24) is 0 Å². The third kappa shape index (κ3) is 4.74. The monoisotopic (exact) mass is 387 g/mol. The molecule has 0 spiro atoms. The summed E-state index contributed by atoms with van der Waals surface area (Å²) in [5.74, 6) is 0. The van der Waals surface area contributed by atoms with Crippen LogP contribution in [0, 0.1) is 6.92 Å². The zero-order valence-corrected chi connectivity index (χ0v) is 14.8. The number of rotatable bonds is 7. The summed E-state index contributed by atoms with van der Waals surface area (Å²) in [5.41, 5.74) is 1.61. The minimum absolute atomic E-state index is 0.0155. The summed E-state index contributed by atoms with van der Waals surface area (Å²) in [6, 6.07) is 5.82. The fourth-order valence-corrected chi connectivity index (χ4v) is 2.63. The van der Waals surface area contributed by atoms with Crippen LogP contribution in [0.15, 0.2) is 49.2 Å². The topological polar surface area (TPSA) is 147 Å². The van der Waals surface area contributed by atoms with Crippen LogP contribution >= 0.6 is 0 Å². The van der Waals surface area contributed by atoms with Gasteiger partial charge in [0.1, 0.15) is 11.4 Å². The van der Waals surface area contributed by atoms with Crippen LogP contribution < -0.4 is 0 Å². The van der Waals surface area contributed by atoms with E-state index in [1.54, 1.807) is 0 Å². The first-order valence-electron chi connectivity index (χ1n) is 7.78. The van der Waals surface area contributed by atoms with Crippen LogP contribution in [0.4, 0.5) is 28.4 Å². The lowest BCUT2D eigenvalue weighted by Gasteiger charge is -2.12. The van der Waals surface area contributed by atoms with Gasteiger partial charge in [0.05, 0.1) is 17.1 Å². The Morgan fingerprint density at radius 3 is 1.86 bits per heavy atom. The molecule has 2 rings (SSSR count). The molecule has 29 heavy (non-hydrogen) atoms. The van der Waals surface area contributed by atoms with Gasteiger partial charge in [0, 0.05) is 12.0 Å². The lowest BCUT2D eigenvalue weighted by molar-refractivity contribution is 0.564. The fourth-order valence-electron chi connectivity index (χ4n) is 2.63. The lowest BCUT2D eigenvalue weighted by Crippen LogP contribution is -1.93. The number of hydrogen-bond donors (Lipinski definition) is 0. The third-order valence-corrected chi connectivity index (χ3v) is 3.85. The molecule has 10 heteroatoms. The molecule has 0 amide bonds. The van der Waals surface area contributed by atoms with Gasteiger partial charge in [-0.2, -0.15) is 25.0 Å². The van der Waals surface area contributed by atoms with Gasteiger partial charge in [0.2, 0.25) is 30.4 Å². The lowest BCUT2D eigenvalue weighted by atomic mass is 9.97. The Morgan fingerprint density at radius 1 is 0.655 bits per heavy atom. The van der Waals surface area contributed by atoms with Crippen molar-refractivity contribution in [3.63, 3.8) is 0 Å². The molecule has 0 aliphatic carbocycles. The van der Waals surface area contributed by atoms with Crippen molar-refractivity contribution in [2.45, 2.75) is 13.3 Å². The third-order valence-electron chi connectivity index (χ3n) is 3.85. The van der Waals surface area contributed by atoms with Crippen molar-refractivity contribution < 1.29 is 24.0 Å². The molecule has 2 aromatic carbocycles. The Morgan fingerprint density at radius 2 is 1.24 bits per heavy atom. The normalized spacial score (nSPS) is 9.00. The molecule has 0 N–H and O–H groups in total. The van der Waals surface area contributed by atoms with Crippen LogP contribution in [0.1, 0.15) is 16.7 Å². The molecule has 140 valence electrons. The van der Waals surface area contributed by atoms with Crippen molar-refractivity contribution in [1.29, 1.82) is 0 Å².